The Kier molecular flexibility index (Phi) is 5.51. The molecule has 0 atom stereocenters. The highest BCUT2D eigenvalue weighted by molar-refractivity contribution is 5.99. The third-order valence-electron chi connectivity index (χ3n) is 4.83. The standard InChI is InChI=1S/C18H23N3O5/c1-2-26-18(23)13-9-12(10-16(11-13)21(24)25)17(22)19-14-5-7-20(8-6-14)15-3-4-15/h9-11,14-15H,2-8H2,1H3,(H,19,22). The number of rotatable bonds is 6. The van der Waals surface area contributed by atoms with Crippen LogP contribution in [0.25, 0.3) is 0 Å². The third kappa shape index (κ3) is 4.37. The number of likely N-dealkylation sites (tertiary alicyclic amines) is 1. The zero-order chi connectivity index (χ0) is 18.7. The Balaban J connectivity index is 1.69. The molecular formula is C18H23N3O5. The van der Waals surface area contributed by atoms with Crippen LogP contribution in [0.5, 0.6) is 0 Å². The molecule has 1 aliphatic heterocycles. The number of piperidine rings is 1. The number of amides is 1. The van der Waals surface area contributed by atoms with Crippen LogP contribution in [-0.2, 0) is 4.74 Å². The minimum Gasteiger partial charge on any atom is -0.462 e. The zero-order valence-corrected chi connectivity index (χ0v) is 14.8. The van der Waals surface area contributed by atoms with E-state index in [2.05, 4.69) is 10.2 Å². The van der Waals surface area contributed by atoms with E-state index in [4.69, 9.17) is 4.74 Å². The fourth-order valence-corrected chi connectivity index (χ4v) is 3.30. The lowest BCUT2D eigenvalue weighted by atomic mass is 10.0. The summed E-state index contributed by atoms with van der Waals surface area (Å²) >= 11 is 0. The van der Waals surface area contributed by atoms with Crippen molar-refractivity contribution in [3.8, 4) is 0 Å². The van der Waals surface area contributed by atoms with Crippen molar-refractivity contribution in [2.45, 2.75) is 44.7 Å². The van der Waals surface area contributed by atoms with Crippen LogP contribution in [0, 0.1) is 10.1 Å². The minimum absolute atomic E-state index is 0.00903. The first kappa shape index (κ1) is 18.3. The molecule has 2 aliphatic rings. The van der Waals surface area contributed by atoms with Gasteiger partial charge in [0.25, 0.3) is 11.6 Å². The first-order valence-corrected chi connectivity index (χ1v) is 8.99. The van der Waals surface area contributed by atoms with E-state index in [9.17, 15) is 19.7 Å². The van der Waals surface area contributed by atoms with Crippen molar-refractivity contribution < 1.29 is 19.2 Å². The molecule has 0 bridgehead atoms. The predicted octanol–water partition coefficient (Wildman–Crippen LogP) is 2.13. The molecule has 1 amide bonds. The summed E-state index contributed by atoms with van der Waals surface area (Å²) in [6.07, 6.45) is 4.26. The summed E-state index contributed by atoms with van der Waals surface area (Å²) in [4.78, 5) is 37.4. The molecule has 0 radical (unpaired) electrons. The average Bonchev–Trinajstić information content (AvgIpc) is 3.47. The van der Waals surface area contributed by atoms with Gasteiger partial charge in [0.1, 0.15) is 0 Å². The molecule has 1 saturated heterocycles. The number of non-ortho nitro benzene ring substituents is 1. The molecule has 0 unspecified atom stereocenters. The first-order valence-electron chi connectivity index (χ1n) is 8.99. The summed E-state index contributed by atoms with van der Waals surface area (Å²) in [7, 11) is 0. The Bertz CT molecular complexity index is 709. The van der Waals surface area contributed by atoms with E-state index in [1.54, 1.807) is 6.92 Å². The number of carbonyl (C=O) groups excluding carboxylic acids is 2. The second-order valence-electron chi connectivity index (χ2n) is 6.76. The summed E-state index contributed by atoms with van der Waals surface area (Å²) in [5, 5.41) is 14.1. The van der Waals surface area contributed by atoms with Gasteiger partial charge in [-0.15, -0.1) is 0 Å². The van der Waals surface area contributed by atoms with Crippen molar-refractivity contribution in [3.05, 3.63) is 39.4 Å². The summed E-state index contributed by atoms with van der Waals surface area (Å²) in [5.74, 6) is -1.08. The lowest BCUT2D eigenvalue weighted by molar-refractivity contribution is -0.384. The van der Waals surface area contributed by atoms with Crippen LogP contribution in [0.4, 0.5) is 5.69 Å². The predicted molar refractivity (Wildman–Crippen MR) is 94.1 cm³/mol. The Morgan fingerprint density at radius 2 is 1.85 bits per heavy atom. The molecule has 3 rings (SSSR count). The van der Waals surface area contributed by atoms with Gasteiger partial charge in [0.15, 0.2) is 0 Å². The third-order valence-corrected chi connectivity index (χ3v) is 4.83. The zero-order valence-electron chi connectivity index (χ0n) is 14.8. The van der Waals surface area contributed by atoms with Crippen molar-refractivity contribution in [1.82, 2.24) is 10.2 Å². The van der Waals surface area contributed by atoms with Crippen LogP contribution in [0.1, 0.15) is 53.3 Å². The van der Waals surface area contributed by atoms with E-state index in [1.165, 1.54) is 25.0 Å². The van der Waals surface area contributed by atoms with Crippen LogP contribution in [0.3, 0.4) is 0 Å². The van der Waals surface area contributed by atoms with Crippen LogP contribution >= 0.6 is 0 Å². The van der Waals surface area contributed by atoms with E-state index < -0.39 is 16.8 Å². The number of ether oxygens (including phenoxy) is 1. The van der Waals surface area contributed by atoms with Crippen LogP contribution in [0.2, 0.25) is 0 Å². The fraction of sp³-hybridized carbons (Fsp3) is 0.556. The minimum atomic E-state index is -0.678. The Morgan fingerprint density at radius 3 is 2.42 bits per heavy atom. The van der Waals surface area contributed by atoms with E-state index in [0.29, 0.717) is 0 Å². The Morgan fingerprint density at radius 1 is 1.19 bits per heavy atom. The number of nitro benzene ring substituents is 1. The quantitative estimate of drug-likeness (QED) is 0.473. The fourth-order valence-electron chi connectivity index (χ4n) is 3.30. The maximum atomic E-state index is 12.5. The molecule has 1 N–H and O–H groups in total. The molecule has 2 fully saturated rings. The van der Waals surface area contributed by atoms with E-state index in [-0.39, 0.29) is 29.5 Å². The summed E-state index contributed by atoms with van der Waals surface area (Å²) in [6.45, 7) is 3.72. The van der Waals surface area contributed by atoms with Crippen molar-refractivity contribution >= 4 is 17.6 Å². The first-order chi connectivity index (χ1) is 12.5. The normalized spacial score (nSPS) is 18.3. The lowest BCUT2D eigenvalue weighted by Gasteiger charge is -2.32. The van der Waals surface area contributed by atoms with Gasteiger partial charge in [-0.05, 0) is 38.7 Å². The molecule has 0 spiro atoms. The number of carbonyl (C=O) groups is 2. The summed E-state index contributed by atoms with van der Waals surface area (Å²) in [5.41, 5.74) is -0.189. The maximum Gasteiger partial charge on any atom is 0.338 e. The molecule has 8 nitrogen and oxygen atoms in total. The van der Waals surface area contributed by atoms with Crippen molar-refractivity contribution in [3.63, 3.8) is 0 Å². The number of nitrogens with one attached hydrogen (secondary N) is 1. The molecule has 1 saturated carbocycles. The molecule has 140 valence electrons. The molecule has 26 heavy (non-hydrogen) atoms. The van der Waals surface area contributed by atoms with E-state index in [0.717, 1.165) is 38.0 Å². The number of benzene rings is 1. The molecule has 1 aromatic carbocycles. The SMILES string of the molecule is CCOC(=O)c1cc(C(=O)NC2CCN(C3CC3)CC2)cc([N+](=O)[O-])c1. The average molecular weight is 361 g/mol. The summed E-state index contributed by atoms with van der Waals surface area (Å²) in [6, 6.07) is 4.43. The molecule has 1 aliphatic carbocycles. The van der Waals surface area contributed by atoms with Gasteiger partial charge in [0, 0.05) is 42.9 Å². The van der Waals surface area contributed by atoms with Crippen molar-refractivity contribution in [2.75, 3.05) is 19.7 Å². The highest BCUT2D eigenvalue weighted by Gasteiger charge is 2.32. The molecule has 8 heteroatoms. The second kappa shape index (κ2) is 7.82. The van der Waals surface area contributed by atoms with Gasteiger partial charge >= 0.3 is 5.97 Å². The highest BCUT2D eigenvalue weighted by atomic mass is 16.6. The van der Waals surface area contributed by atoms with Crippen LogP contribution < -0.4 is 5.32 Å². The Labute approximate surface area is 151 Å². The maximum absolute atomic E-state index is 12.5. The smallest absolute Gasteiger partial charge is 0.338 e. The number of hydrogen-bond donors (Lipinski definition) is 1. The molecule has 0 aromatic heterocycles. The highest BCUT2D eigenvalue weighted by Crippen LogP contribution is 2.29. The van der Waals surface area contributed by atoms with Gasteiger partial charge in [0.2, 0.25) is 0 Å². The second-order valence-corrected chi connectivity index (χ2v) is 6.76. The van der Waals surface area contributed by atoms with E-state index in [1.807, 2.05) is 0 Å². The molecule has 1 aromatic rings. The van der Waals surface area contributed by atoms with Gasteiger partial charge < -0.3 is 15.0 Å². The molecular weight excluding hydrogens is 338 g/mol. The number of esters is 1. The van der Waals surface area contributed by atoms with Gasteiger partial charge in [0.05, 0.1) is 17.1 Å². The van der Waals surface area contributed by atoms with Gasteiger partial charge in [-0.25, -0.2) is 4.79 Å². The van der Waals surface area contributed by atoms with Gasteiger partial charge in [-0.2, -0.15) is 0 Å². The molecule has 1 heterocycles. The lowest BCUT2D eigenvalue weighted by Crippen LogP contribution is -2.45. The van der Waals surface area contributed by atoms with Gasteiger partial charge in [-0.1, -0.05) is 0 Å². The van der Waals surface area contributed by atoms with Crippen molar-refractivity contribution in [2.24, 2.45) is 0 Å². The van der Waals surface area contributed by atoms with Crippen LogP contribution in [-0.4, -0.2) is 53.5 Å². The summed E-state index contributed by atoms with van der Waals surface area (Å²) < 4.78 is 4.89. The monoisotopic (exact) mass is 361 g/mol. The number of hydrogen-bond acceptors (Lipinski definition) is 6. The number of nitrogens with zero attached hydrogens (tertiary/aromatic N) is 2. The van der Waals surface area contributed by atoms with Gasteiger partial charge in [-0.3, -0.25) is 14.9 Å². The van der Waals surface area contributed by atoms with Crippen molar-refractivity contribution in [1.29, 1.82) is 0 Å². The topological polar surface area (TPSA) is 102 Å². The van der Waals surface area contributed by atoms with Crippen LogP contribution in [0.15, 0.2) is 18.2 Å². The van der Waals surface area contributed by atoms with E-state index >= 15 is 0 Å². The largest absolute Gasteiger partial charge is 0.462 e. The number of nitro groups is 1. The Hall–Kier alpha value is -2.48.